The second-order valence-corrected chi connectivity index (χ2v) is 8.32. The minimum absolute atomic E-state index is 0.281. The maximum atomic E-state index is 14.5. The van der Waals surface area contributed by atoms with Crippen LogP contribution in [0.25, 0.3) is 0 Å². The fourth-order valence-electron chi connectivity index (χ4n) is 4.72. The van der Waals surface area contributed by atoms with Gasteiger partial charge in [0.2, 0.25) is 5.82 Å². The lowest BCUT2D eigenvalue weighted by Crippen LogP contribution is -2.42. The van der Waals surface area contributed by atoms with Gasteiger partial charge in [0.05, 0.1) is 20.3 Å². The van der Waals surface area contributed by atoms with Crippen LogP contribution in [0.1, 0.15) is 43.4 Å². The van der Waals surface area contributed by atoms with E-state index in [2.05, 4.69) is 28.0 Å². The largest absolute Gasteiger partial charge is 0.497 e. The third-order valence-electron chi connectivity index (χ3n) is 6.31. The Morgan fingerprint density at radius 3 is 2.19 bits per heavy atom. The number of hydrogen-bond acceptors (Lipinski definition) is 5. The lowest BCUT2D eigenvalue weighted by atomic mass is 10.0. The number of fused-ring (bicyclic) bond motifs is 1. The molecule has 0 atom stereocenters. The molecule has 0 bridgehead atoms. The lowest BCUT2D eigenvalue weighted by molar-refractivity contribution is 0.103. The molecule has 0 aromatic heterocycles. The highest BCUT2D eigenvalue weighted by molar-refractivity contribution is 5.41. The highest BCUT2D eigenvalue weighted by atomic mass is 19.1. The van der Waals surface area contributed by atoms with E-state index in [9.17, 15) is 4.39 Å². The molecular formula is C25H33FN2O3. The van der Waals surface area contributed by atoms with Crippen molar-refractivity contribution < 1.29 is 18.6 Å². The standard InChI is InChI=1S/C25H33FN2O3/c1-4-30-23-12-18(13-24(25(23)26)31-5-2)15-27-10-8-21(9-11-27)28-16-19-6-7-22(29-3)14-20(19)17-28/h6-7,12-14,21H,4-5,8-11,15-17H2,1-3H3. The number of likely N-dealkylation sites (tertiary alicyclic amines) is 1. The van der Waals surface area contributed by atoms with Gasteiger partial charge >= 0.3 is 0 Å². The molecule has 4 rings (SSSR count). The monoisotopic (exact) mass is 428 g/mol. The second kappa shape index (κ2) is 9.88. The molecule has 0 saturated carbocycles. The van der Waals surface area contributed by atoms with Crippen LogP contribution in [-0.2, 0) is 19.6 Å². The summed E-state index contributed by atoms with van der Waals surface area (Å²) < 4.78 is 30.9. The number of ether oxygens (including phenoxy) is 3. The highest BCUT2D eigenvalue weighted by Gasteiger charge is 2.29. The number of rotatable bonds is 8. The van der Waals surface area contributed by atoms with Crippen LogP contribution >= 0.6 is 0 Å². The highest BCUT2D eigenvalue weighted by Crippen LogP contribution is 2.32. The van der Waals surface area contributed by atoms with E-state index in [1.54, 1.807) is 7.11 Å². The van der Waals surface area contributed by atoms with Crippen LogP contribution in [0.4, 0.5) is 4.39 Å². The second-order valence-electron chi connectivity index (χ2n) is 8.32. The molecule has 1 saturated heterocycles. The lowest BCUT2D eigenvalue weighted by Gasteiger charge is -2.36. The van der Waals surface area contributed by atoms with Gasteiger partial charge in [-0.15, -0.1) is 0 Å². The summed E-state index contributed by atoms with van der Waals surface area (Å²) in [5.41, 5.74) is 3.84. The number of benzene rings is 2. The van der Waals surface area contributed by atoms with Crippen molar-refractivity contribution in [2.24, 2.45) is 0 Å². The number of nitrogens with zero attached hydrogens (tertiary/aromatic N) is 2. The molecule has 2 aromatic carbocycles. The molecule has 2 heterocycles. The van der Waals surface area contributed by atoms with Crippen molar-refractivity contribution in [3.05, 3.63) is 52.8 Å². The van der Waals surface area contributed by atoms with Crippen molar-refractivity contribution in [3.63, 3.8) is 0 Å². The first-order valence-electron chi connectivity index (χ1n) is 11.3. The first-order valence-corrected chi connectivity index (χ1v) is 11.3. The molecule has 0 spiro atoms. The normalized spacial score (nSPS) is 17.5. The van der Waals surface area contributed by atoms with Gasteiger partial charge in [-0.1, -0.05) is 6.07 Å². The number of methoxy groups -OCH3 is 1. The van der Waals surface area contributed by atoms with Crippen LogP contribution in [0.2, 0.25) is 0 Å². The van der Waals surface area contributed by atoms with Gasteiger partial charge in [-0.05, 0) is 80.7 Å². The Morgan fingerprint density at radius 1 is 0.935 bits per heavy atom. The third-order valence-corrected chi connectivity index (χ3v) is 6.31. The molecule has 168 valence electrons. The topological polar surface area (TPSA) is 34.2 Å². The number of hydrogen-bond donors (Lipinski definition) is 0. The fourth-order valence-corrected chi connectivity index (χ4v) is 4.72. The van der Waals surface area contributed by atoms with E-state index in [1.165, 1.54) is 11.1 Å². The van der Waals surface area contributed by atoms with Crippen LogP contribution in [0.5, 0.6) is 17.2 Å². The Balaban J connectivity index is 1.35. The van der Waals surface area contributed by atoms with E-state index in [0.717, 1.165) is 56.9 Å². The smallest absolute Gasteiger partial charge is 0.206 e. The van der Waals surface area contributed by atoms with Gasteiger partial charge in [0.15, 0.2) is 11.5 Å². The molecule has 0 unspecified atom stereocenters. The van der Waals surface area contributed by atoms with Crippen LogP contribution < -0.4 is 14.2 Å². The van der Waals surface area contributed by atoms with Gasteiger partial charge in [0.1, 0.15) is 5.75 Å². The summed E-state index contributed by atoms with van der Waals surface area (Å²) >= 11 is 0. The van der Waals surface area contributed by atoms with Crippen LogP contribution in [0.3, 0.4) is 0 Å². The van der Waals surface area contributed by atoms with E-state index < -0.39 is 5.82 Å². The maximum Gasteiger partial charge on any atom is 0.206 e. The van der Waals surface area contributed by atoms with Crippen LogP contribution in [0, 0.1) is 5.82 Å². The third kappa shape index (κ3) is 4.96. The Morgan fingerprint density at radius 2 is 1.58 bits per heavy atom. The van der Waals surface area contributed by atoms with Crippen molar-refractivity contribution in [1.29, 1.82) is 0 Å². The zero-order valence-corrected chi connectivity index (χ0v) is 18.8. The average molecular weight is 429 g/mol. The quantitative estimate of drug-likeness (QED) is 0.613. The zero-order chi connectivity index (χ0) is 21.8. The van der Waals surface area contributed by atoms with Gasteiger partial charge in [-0.25, -0.2) is 0 Å². The van der Waals surface area contributed by atoms with Gasteiger partial charge < -0.3 is 14.2 Å². The molecule has 5 nitrogen and oxygen atoms in total. The summed E-state index contributed by atoms with van der Waals surface area (Å²) in [7, 11) is 1.72. The van der Waals surface area contributed by atoms with E-state index in [0.29, 0.717) is 19.3 Å². The first kappa shape index (κ1) is 21.9. The summed E-state index contributed by atoms with van der Waals surface area (Å²) in [6.45, 7) is 9.47. The van der Waals surface area contributed by atoms with Crippen molar-refractivity contribution >= 4 is 0 Å². The molecule has 2 aromatic rings. The summed E-state index contributed by atoms with van der Waals surface area (Å²) in [5, 5.41) is 0. The van der Waals surface area contributed by atoms with Gasteiger partial charge in [0, 0.05) is 25.7 Å². The minimum atomic E-state index is -0.406. The maximum absolute atomic E-state index is 14.5. The van der Waals surface area contributed by atoms with Gasteiger partial charge in [0.25, 0.3) is 0 Å². The zero-order valence-electron chi connectivity index (χ0n) is 18.8. The van der Waals surface area contributed by atoms with Gasteiger partial charge in [-0.2, -0.15) is 4.39 Å². The van der Waals surface area contributed by atoms with Crippen molar-refractivity contribution in [2.45, 2.75) is 52.4 Å². The van der Waals surface area contributed by atoms with E-state index in [-0.39, 0.29) is 11.5 Å². The molecule has 0 radical (unpaired) electrons. The summed E-state index contributed by atoms with van der Waals surface area (Å²) in [5.74, 6) is 1.09. The van der Waals surface area contributed by atoms with Gasteiger partial charge in [-0.3, -0.25) is 9.80 Å². The Kier molecular flexibility index (Phi) is 6.98. The molecule has 6 heteroatoms. The molecule has 0 aliphatic carbocycles. The first-order chi connectivity index (χ1) is 15.1. The van der Waals surface area contributed by atoms with Crippen LogP contribution in [-0.4, -0.2) is 49.3 Å². The number of piperidine rings is 1. The predicted octanol–water partition coefficient (Wildman–Crippen LogP) is 4.61. The molecule has 31 heavy (non-hydrogen) atoms. The van der Waals surface area contributed by atoms with Crippen molar-refractivity contribution in [1.82, 2.24) is 9.80 Å². The Bertz CT molecular complexity index is 869. The molecule has 0 N–H and O–H groups in total. The fraction of sp³-hybridized carbons (Fsp3) is 0.520. The summed E-state index contributed by atoms with van der Waals surface area (Å²) in [4.78, 5) is 5.04. The summed E-state index contributed by atoms with van der Waals surface area (Å²) in [6.07, 6.45) is 2.28. The Hall–Kier alpha value is -2.31. The van der Waals surface area contributed by atoms with E-state index in [4.69, 9.17) is 14.2 Å². The predicted molar refractivity (Wildman–Crippen MR) is 119 cm³/mol. The SMILES string of the molecule is CCOc1cc(CN2CCC(N3Cc4ccc(OC)cc4C3)CC2)cc(OCC)c1F. The minimum Gasteiger partial charge on any atom is -0.497 e. The van der Waals surface area contributed by atoms with E-state index >= 15 is 0 Å². The molecule has 1 fully saturated rings. The average Bonchev–Trinajstić information content (AvgIpc) is 3.21. The summed E-state index contributed by atoms with van der Waals surface area (Å²) in [6, 6.07) is 10.7. The molecular weight excluding hydrogens is 395 g/mol. The van der Waals surface area contributed by atoms with Crippen LogP contribution in [0.15, 0.2) is 30.3 Å². The molecule has 0 amide bonds. The van der Waals surface area contributed by atoms with Crippen molar-refractivity contribution in [2.75, 3.05) is 33.4 Å². The Labute approximate surface area is 184 Å². The molecule has 2 aliphatic heterocycles. The van der Waals surface area contributed by atoms with E-state index in [1.807, 2.05) is 26.0 Å². The van der Waals surface area contributed by atoms with Crippen molar-refractivity contribution in [3.8, 4) is 17.2 Å². The number of halogens is 1. The molecule has 2 aliphatic rings.